The van der Waals surface area contributed by atoms with Crippen LogP contribution in [0.3, 0.4) is 0 Å². The van der Waals surface area contributed by atoms with Crippen molar-refractivity contribution in [3.8, 4) is 0 Å². The molecule has 1 N–H and O–H groups in total. The first-order chi connectivity index (χ1) is 4.84. The van der Waals surface area contributed by atoms with Crippen molar-refractivity contribution in [2.75, 3.05) is 6.54 Å². The van der Waals surface area contributed by atoms with E-state index in [0.717, 1.165) is 6.92 Å². The van der Waals surface area contributed by atoms with Gasteiger partial charge in [-0.2, -0.15) is 13.2 Å². The van der Waals surface area contributed by atoms with Crippen molar-refractivity contribution in [1.82, 2.24) is 5.32 Å². The molecule has 0 aliphatic heterocycles. The second-order valence-electron chi connectivity index (χ2n) is 1.95. The third-order valence-corrected chi connectivity index (χ3v) is 1.73. The summed E-state index contributed by atoms with van der Waals surface area (Å²) in [5.74, 6) is -0.473. The van der Waals surface area contributed by atoms with Crippen molar-refractivity contribution in [1.29, 1.82) is 0 Å². The van der Waals surface area contributed by atoms with E-state index >= 15 is 0 Å². The van der Waals surface area contributed by atoms with Gasteiger partial charge in [-0.3, -0.25) is 4.79 Å². The molecule has 66 valence electrons. The van der Waals surface area contributed by atoms with Gasteiger partial charge in [-0.15, -0.1) is 0 Å². The van der Waals surface area contributed by atoms with Crippen molar-refractivity contribution >= 4 is 21.8 Å². The molecule has 0 aliphatic carbocycles. The van der Waals surface area contributed by atoms with Gasteiger partial charge in [0.25, 0.3) is 0 Å². The summed E-state index contributed by atoms with van der Waals surface area (Å²) in [6.45, 7) is 0.731. The summed E-state index contributed by atoms with van der Waals surface area (Å²) < 4.78 is 35.1. The number of halogens is 4. The first kappa shape index (κ1) is 10.7. The van der Waals surface area contributed by atoms with Gasteiger partial charge in [-0.05, 0) is 0 Å². The second kappa shape index (κ2) is 3.94. The number of nitrogens with one attached hydrogen (secondary N) is 1. The largest absolute Gasteiger partial charge is 0.402 e. The number of amides is 1. The number of alkyl halides is 4. The van der Waals surface area contributed by atoms with E-state index in [0.29, 0.717) is 0 Å². The van der Waals surface area contributed by atoms with Gasteiger partial charge in [0, 0.05) is 13.5 Å². The third kappa shape index (κ3) is 5.06. The third-order valence-electron chi connectivity index (χ3n) is 0.885. The molecule has 1 unspecified atom stereocenters. The van der Waals surface area contributed by atoms with E-state index in [2.05, 4.69) is 15.9 Å². The summed E-state index contributed by atoms with van der Waals surface area (Å²) in [7, 11) is 0. The minimum absolute atomic E-state index is 0.432. The van der Waals surface area contributed by atoms with Crippen LogP contribution in [0.2, 0.25) is 0 Å². The maximum atomic E-state index is 11.7. The van der Waals surface area contributed by atoms with Crippen LogP contribution in [0, 0.1) is 0 Å². The highest BCUT2D eigenvalue weighted by molar-refractivity contribution is 9.09. The summed E-state index contributed by atoms with van der Waals surface area (Å²) in [6.07, 6.45) is -4.30. The Morgan fingerprint density at radius 2 is 2.09 bits per heavy atom. The second-order valence-corrected chi connectivity index (χ2v) is 3.05. The molecule has 0 spiro atoms. The maximum absolute atomic E-state index is 11.7. The number of hydrogen-bond donors (Lipinski definition) is 1. The standard InChI is InChI=1S/C5H7BrF3NO/c1-3(11)10-2-4(6)5(7,8)9/h4H,2H2,1H3,(H,10,11). The Kier molecular flexibility index (Phi) is 3.85. The molecule has 0 saturated heterocycles. The minimum Gasteiger partial charge on any atom is -0.355 e. The lowest BCUT2D eigenvalue weighted by molar-refractivity contribution is -0.129. The molecule has 2 nitrogen and oxygen atoms in total. The highest BCUT2D eigenvalue weighted by Gasteiger charge is 2.37. The Balaban J connectivity index is 3.70. The van der Waals surface area contributed by atoms with Gasteiger partial charge < -0.3 is 5.32 Å². The molecule has 0 heterocycles. The fourth-order valence-corrected chi connectivity index (χ4v) is 0.511. The number of hydrogen-bond acceptors (Lipinski definition) is 1. The minimum atomic E-state index is -4.30. The predicted molar refractivity (Wildman–Crippen MR) is 37.5 cm³/mol. The summed E-state index contributed by atoms with van der Waals surface area (Å²) in [6, 6.07) is 0. The Morgan fingerprint density at radius 3 is 2.36 bits per heavy atom. The van der Waals surface area contributed by atoms with Gasteiger partial charge in [0.05, 0.1) is 0 Å². The number of carbonyl (C=O) groups excluding carboxylic acids is 1. The Labute approximate surface area is 70.3 Å². The van der Waals surface area contributed by atoms with E-state index in [1.807, 2.05) is 5.32 Å². The van der Waals surface area contributed by atoms with Crippen LogP contribution in [0.15, 0.2) is 0 Å². The Morgan fingerprint density at radius 1 is 1.64 bits per heavy atom. The highest BCUT2D eigenvalue weighted by Crippen LogP contribution is 2.25. The van der Waals surface area contributed by atoms with Gasteiger partial charge in [-0.25, -0.2) is 0 Å². The lowest BCUT2D eigenvalue weighted by atomic mass is 10.4. The molecule has 11 heavy (non-hydrogen) atoms. The van der Waals surface area contributed by atoms with Crippen LogP contribution in [0.25, 0.3) is 0 Å². The van der Waals surface area contributed by atoms with Crippen LogP contribution in [-0.4, -0.2) is 23.5 Å². The summed E-state index contributed by atoms with van der Waals surface area (Å²) in [4.78, 5) is 8.51. The van der Waals surface area contributed by atoms with Crippen molar-refractivity contribution in [3.05, 3.63) is 0 Å². The van der Waals surface area contributed by atoms with E-state index in [-0.39, 0.29) is 0 Å². The molecule has 0 saturated carbocycles. The van der Waals surface area contributed by atoms with Gasteiger partial charge in [0.1, 0.15) is 4.83 Å². The van der Waals surface area contributed by atoms with Crippen LogP contribution in [-0.2, 0) is 4.79 Å². The van der Waals surface area contributed by atoms with Crippen LogP contribution in [0.1, 0.15) is 6.92 Å². The van der Waals surface area contributed by atoms with Gasteiger partial charge in [0.15, 0.2) is 0 Å². The Hall–Kier alpha value is -0.260. The molecule has 0 aromatic carbocycles. The quantitative estimate of drug-likeness (QED) is 0.719. The summed E-state index contributed by atoms with van der Waals surface area (Å²) >= 11 is 2.39. The van der Waals surface area contributed by atoms with Crippen molar-refractivity contribution in [2.45, 2.75) is 17.9 Å². The van der Waals surface area contributed by atoms with Gasteiger partial charge >= 0.3 is 6.18 Å². The van der Waals surface area contributed by atoms with Crippen molar-refractivity contribution < 1.29 is 18.0 Å². The van der Waals surface area contributed by atoms with Crippen molar-refractivity contribution in [2.24, 2.45) is 0 Å². The molecular formula is C5H7BrF3NO. The van der Waals surface area contributed by atoms with E-state index in [1.54, 1.807) is 0 Å². The topological polar surface area (TPSA) is 29.1 Å². The molecule has 1 amide bonds. The predicted octanol–water partition coefficient (Wildman–Crippen LogP) is 1.45. The van der Waals surface area contributed by atoms with Crippen LogP contribution in [0.5, 0.6) is 0 Å². The highest BCUT2D eigenvalue weighted by atomic mass is 79.9. The van der Waals surface area contributed by atoms with Crippen molar-refractivity contribution in [3.63, 3.8) is 0 Å². The fraction of sp³-hybridized carbons (Fsp3) is 0.800. The zero-order valence-corrected chi connectivity index (χ0v) is 7.29. The molecule has 0 aliphatic rings. The lowest BCUT2D eigenvalue weighted by Gasteiger charge is -2.13. The Bertz CT molecular complexity index is 147. The maximum Gasteiger partial charge on any atom is 0.402 e. The first-order valence-corrected chi connectivity index (χ1v) is 3.71. The lowest BCUT2D eigenvalue weighted by Crippen LogP contribution is -2.35. The zero-order valence-electron chi connectivity index (χ0n) is 5.70. The molecule has 0 aromatic heterocycles. The van der Waals surface area contributed by atoms with E-state index in [9.17, 15) is 18.0 Å². The average molecular weight is 234 g/mol. The summed E-state index contributed by atoms with van der Waals surface area (Å²) in [5, 5.41) is 2.05. The smallest absolute Gasteiger partial charge is 0.355 e. The van der Waals surface area contributed by atoms with Gasteiger partial charge in [-0.1, -0.05) is 15.9 Å². The molecule has 0 rings (SSSR count). The monoisotopic (exact) mass is 233 g/mol. The SMILES string of the molecule is CC(=O)NCC(Br)C(F)(F)F. The molecule has 0 radical (unpaired) electrons. The van der Waals surface area contributed by atoms with Crippen LogP contribution in [0.4, 0.5) is 13.2 Å². The van der Waals surface area contributed by atoms with E-state index in [1.165, 1.54) is 0 Å². The van der Waals surface area contributed by atoms with E-state index in [4.69, 9.17) is 0 Å². The van der Waals surface area contributed by atoms with E-state index < -0.39 is 23.5 Å². The van der Waals surface area contributed by atoms with Gasteiger partial charge in [0.2, 0.25) is 5.91 Å². The molecular weight excluding hydrogens is 227 g/mol. The number of rotatable bonds is 2. The molecule has 0 aromatic rings. The number of carbonyl (C=O) groups is 1. The zero-order chi connectivity index (χ0) is 9.07. The molecule has 0 fully saturated rings. The fourth-order valence-electron chi connectivity index (χ4n) is 0.349. The molecule has 1 atom stereocenters. The van der Waals surface area contributed by atoms with Crippen LogP contribution >= 0.6 is 15.9 Å². The molecule has 0 bridgehead atoms. The van der Waals surface area contributed by atoms with Crippen LogP contribution < -0.4 is 5.32 Å². The molecule has 6 heteroatoms. The average Bonchev–Trinajstić information content (AvgIpc) is 1.80. The summed E-state index contributed by atoms with van der Waals surface area (Å²) in [5.41, 5.74) is 0. The normalized spacial score (nSPS) is 14.3. The first-order valence-electron chi connectivity index (χ1n) is 2.79.